The number of anilines is 1. The highest BCUT2D eigenvalue weighted by atomic mass is 16.3. The van der Waals surface area contributed by atoms with Crippen molar-refractivity contribution < 1.29 is 5.11 Å². The van der Waals surface area contributed by atoms with Crippen molar-refractivity contribution in [2.45, 2.75) is 27.2 Å². The fraction of sp³-hybridized carbons (Fsp3) is 0.600. The number of rotatable bonds is 4. The van der Waals surface area contributed by atoms with E-state index in [4.69, 9.17) is 5.11 Å². The van der Waals surface area contributed by atoms with E-state index in [0.29, 0.717) is 12.5 Å². The molecule has 0 amide bonds. The van der Waals surface area contributed by atoms with Gasteiger partial charge in [0.05, 0.1) is 0 Å². The number of aliphatic hydroxyl groups is 1. The third-order valence-electron chi connectivity index (χ3n) is 2.09. The first-order chi connectivity index (χ1) is 6.71. The first-order valence-electron chi connectivity index (χ1n) is 4.91. The molecule has 0 saturated carbocycles. The van der Waals surface area contributed by atoms with E-state index in [1.54, 1.807) is 4.90 Å². The molecule has 78 valence electrons. The summed E-state index contributed by atoms with van der Waals surface area (Å²) in [5, 5.41) is 9.08. The van der Waals surface area contributed by atoms with Crippen molar-refractivity contribution in [1.29, 1.82) is 0 Å². The van der Waals surface area contributed by atoms with E-state index in [1.165, 1.54) is 0 Å². The summed E-state index contributed by atoms with van der Waals surface area (Å²) in [6, 6.07) is 1.97. The molecule has 4 nitrogen and oxygen atoms in total. The van der Waals surface area contributed by atoms with Gasteiger partial charge in [-0.05, 0) is 26.3 Å². The number of hydrogen-bond donors (Lipinski definition) is 1. The van der Waals surface area contributed by atoms with Gasteiger partial charge in [0.2, 0.25) is 5.95 Å². The van der Waals surface area contributed by atoms with Crippen molar-refractivity contribution in [3.8, 4) is 0 Å². The standard InChI is InChI=1S/C10H17N3O/c1-4-9-6-8(3)11-10(12-9)13(5-2)7-14/h6,14H,4-5,7H2,1-3H3. The predicted molar refractivity (Wildman–Crippen MR) is 56.3 cm³/mol. The van der Waals surface area contributed by atoms with Crippen molar-refractivity contribution in [1.82, 2.24) is 9.97 Å². The van der Waals surface area contributed by atoms with Crippen LogP contribution in [0.15, 0.2) is 6.07 Å². The first kappa shape index (κ1) is 10.9. The Labute approximate surface area is 84.6 Å². The van der Waals surface area contributed by atoms with Gasteiger partial charge in [-0.15, -0.1) is 0 Å². The molecular weight excluding hydrogens is 178 g/mol. The summed E-state index contributed by atoms with van der Waals surface area (Å²) < 4.78 is 0. The van der Waals surface area contributed by atoms with Crippen molar-refractivity contribution in [3.05, 3.63) is 17.5 Å². The number of nitrogens with zero attached hydrogens (tertiary/aromatic N) is 3. The lowest BCUT2D eigenvalue weighted by Crippen LogP contribution is -2.26. The van der Waals surface area contributed by atoms with E-state index in [0.717, 1.165) is 17.8 Å². The minimum Gasteiger partial charge on any atom is -0.376 e. The van der Waals surface area contributed by atoms with Crippen LogP contribution in [0.5, 0.6) is 0 Å². The third-order valence-corrected chi connectivity index (χ3v) is 2.09. The smallest absolute Gasteiger partial charge is 0.227 e. The van der Waals surface area contributed by atoms with Crippen LogP contribution in [-0.2, 0) is 6.42 Å². The molecule has 0 aromatic carbocycles. The van der Waals surface area contributed by atoms with E-state index in [9.17, 15) is 0 Å². The topological polar surface area (TPSA) is 49.2 Å². The predicted octanol–water partition coefficient (Wildman–Crippen LogP) is 1.12. The van der Waals surface area contributed by atoms with Gasteiger partial charge in [0.25, 0.3) is 0 Å². The average molecular weight is 195 g/mol. The Morgan fingerprint density at radius 1 is 1.36 bits per heavy atom. The molecular formula is C10H17N3O. The van der Waals surface area contributed by atoms with Gasteiger partial charge in [-0.2, -0.15) is 0 Å². The van der Waals surface area contributed by atoms with Crippen molar-refractivity contribution in [3.63, 3.8) is 0 Å². The number of aromatic nitrogens is 2. The van der Waals surface area contributed by atoms with Gasteiger partial charge in [-0.1, -0.05) is 6.92 Å². The van der Waals surface area contributed by atoms with Gasteiger partial charge >= 0.3 is 0 Å². The number of aliphatic hydroxyl groups excluding tert-OH is 1. The van der Waals surface area contributed by atoms with Crippen LogP contribution in [-0.4, -0.2) is 28.4 Å². The van der Waals surface area contributed by atoms with Gasteiger partial charge in [-0.25, -0.2) is 9.97 Å². The molecule has 1 heterocycles. The van der Waals surface area contributed by atoms with Crippen LogP contribution in [0.4, 0.5) is 5.95 Å². The molecule has 1 aromatic rings. The third kappa shape index (κ3) is 2.42. The lowest BCUT2D eigenvalue weighted by molar-refractivity contribution is 0.290. The molecule has 1 aromatic heterocycles. The molecule has 0 aliphatic heterocycles. The van der Waals surface area contributed by atoms with Gasteiger partial charge in [0, 0.05) is 17.9 Å². The zero-order chi connectivity index (χ0) is 10.6. The Balaban J connectivity index is 3.01. The Kier molecular flexibility index (Phi) is 3.83. The highest BCUT2D eigenvalue weighted by molar-refractivity contribution is 5.31. The zero-order valence-electron chi connectivity index (χ0n) is 8.99. The van der Waals surface area contributed by atoms with Gasteiger partial charge < -0.3 is 10.0 Å². The monoisotopic (exact) mass is 195 g/mol. The molecule has 0 fully saturated rings. The molecule has 0 saturated heterocycles. The van der Waals surface area contributed by atoms with Crippen molar-refractivity contribution in [2.75, 3.05) is 18.2 Å². The summed E-state index contributed by atoms with van der Waals surface area (Å²) in [4.78, 5) is 10.4. The molecule has 0 atom stereocenters. The highest BCUT2D eigenvalue weighted by Gasteiger charge is 2.07. The Morgan fingerprint density at radius 2 is 2.07 bits per heavy atom. The van der Waals surface area contributed by atoms with E-state index < -0.39 is 0 Å². The molecule has 0 radical (unpaired) electrons. The Bertz CT molecular complexity index is 297. The molecule has 0 aliphatic carbocycles. The quantitative estimate of drug-likeness (QED) is 0.731. The summed E-state index contributed by atoms with van der Waals surface area (Å²) in [7, 11) is 0. The van der Waals surface area contributed by atoms with Gasteiger partial charge in [-0.3, -0.25) is 0 Å². The molecule has 1 N–H and O–H groups in total. The van der Waals surface area contributed by atoms with E-state index in [-0.39, 0.29) is 6.73 Å². The maximum Gasteiger partial charge on any atom is 0.227 e. The van der Waals surface area contributed by atoms with Crippen molar-refractivity contribution in [2.24, 2.45) is 0 Å². The largest absolute Gasteiger partial charge is 0.376 e. The van der Waals surface area contributed by atoms with Crippen LogP contribution >= 0.6 is 0 Å². The van der Waals surface area contributed by atoms with Crippen molar-refractivity contribution >= 4 is 5.95 Å². The summed E-state index contributed by atoms with van der Waals surface area (Å²) >= 11 is 0. The molecule has 14 heavy (non-hydrogen) atoms. The van der Waals surface area contributed by atoms with Gasteiger partial charge in [0.1, 0.15) is 6.73 Å². The summed E-state index contributed by atoms with van der Waals surface area (Å²) in [5.74, 6) is 0.617. The maximum atomic E-state index is 9.08. The maximum absolute atomic E-state index is 9.08. The van der Waals surface area contributed by atoms with E-state index >= 15 is 0 Å². The second-order valence-electron chi connectivity index (χ2n) is 3.15. The van der Waals surface area contributed by atoms with E-state index in [1.807, 2.05) is 19.9 Å². The fourth-order valence-corrected chi connectivity index (χ4v) is 1.24. The highest BCUT2D eigenvalue weighted by Crippen LogP contribution is 2.09. The first-order valence-corrected chi connectivity index (χ1v) is 4.91. The SMILES string of the molecule is CCc1cc(C)nc(N(CC)CO)n1. The zero-order valence-corrected chi connectivity index (χ0v) is 8.99. The Morgan fingerprint density at radius 3 is 2.57 bits per heavy atom. The molecule has 1 rings (SSSR count). The van der Waals surface area contributed by atoms with Crippen LogP contribution in [0.3, 0.4) is 0 Å². The lowest BCUT2D eigenvalue weighted by atomic mass is 10.3. The fourth-order valence-electron chi connectivity index (χ4n) is 1.24. The van der Waals surface area contributed by atoms with E-state index in [2.05, 4.69) is 16.9 Å². The Hall–Kier alpha value is -1.16. The minimum absolute atomic E-state index is 0.0386. The molecule has 0 bridgehead atoms. The van der Waals surface area contributed by atoms with Crippen LogP contribution in [0.2, 0.25) is 0 Å². The van der Waals surface area contributed by atoms with Crippen LogP contribution in [0, 0.1) is 6.92 Å². The second-order valence-corrected chi connectivity index (χ2v) is 3.15. The lowest BCUT2D eigenvalue weighted by Gasteiger charge is -2.18. The molecule has 4 heteroatoms. The number of hydrogen-bond acceptors (Lipinski definition) is 4. The van der Waals surface area contributed by atoms with Crippen LogP contribution < -0.4 is 4.90 Å². The minimum atomic E-state index is -0.0386. The van der Waals surface area contributed by atoms with Crippen LogP contribution in [0.1, 0.15) is 25.2 Å². The number of aryl methyl sites for hydroxylation is 2. The van der Waals surface area contributed by atoms with Gasteiger partial charge in [0.15, 0.2) is 0 Å². The summed E-state index contributed by atoms with van der Waals surface area (Å²) in [5.41, 5.74) is 1.96. The second kappa shape index (κ2) is 4.91. The normalized spacial score (nSPS) is 10.3. The van der Waals surface area contributed by atoms with Crippen LogP contribution in [0.25, 0.3) is 0 Å². The summed E-state index contributed by atoms with van der Waals surface area (Å²) in [6.07, 6.45) is 0.888. The molecule has 0 aliphatic rings. The average Bonchev–Trinajstić information content (AvgIpc) is 2.19. The summed E-state index contributed by atoms with van der Waals surface area (Å²) in [6.45, 7) is 6.64. The molecule has 0 unspecified atom stereocenters. The molecule has 0 spiro atoms.